The molecule has 0 aliphatic carbocycles. The van der Waals surface area contributed by atoms with Crippen LogP contribution in [0.2, 0.25) is 0 Å². The molecule has 0 radical (unpaired) electrons. The maximum atomic E-state index is 12.1. The molecule has 2 N–H and O–H groups in total. The Bertz CT molecular complexity index is 552. The first-order valence-corrected chi connectivity index (χ1v) is 7.53. The third-order valence-corrected chi connectivity index (χ3v) is 3.48. The van der Waals surface area contributed by atoms with Gasteiger partial charge < -0.3 is 10.6 Å². The van der Waals surface area contributed by atoms with Gasteiger partial charge in [-0.15, -0.1) is 0 Å². The highest BCUT2D eigenvalue weighted by Gasteiger charge is 2.27. The number of carbonyl (C=O) groups excluding carboxylic acids is 2. The molecule has 5 nitrogen and oxygen atoms in total. The Morgan fingerprint density at radius 3 is 2.48 bits per heavy atom. The first-order valence-electron chi connectivity index (χ1n) is 6.74. The Morgan fingerprint density at radius 2 is 1.87 bits per heavy atom. The second-order valence-electron chi connectivity index (χ2n) is 4.91. The summed E-state index contributed by atoms with van der Waals surface area (Å²) in [5.74, 6) is -0.944. The summed E-state index contributed by atoms with van der Waals surface area (Å²) in [6.45, 7) is -0.744. The molecule has 0 bridgehead atoms. The standard InChI is InChI=1S/C14H17BrF3N3O2/c1-21(7-6-14(16,17)18)9-13(23)19-8-12(22)20-11-5-3-2-4-10(11)15/h2-5H,6-9H2,1H3,(H,19,23)(H,20,22). The van der Waals surface area contributed by atoms with E-state index in [9.17, 15) is 22.8 Å². The monoisotopic (exact) mass is 395 g/mol. The van der Waals surface area contributed by atoms with Gasteiger partial charge >= 0.3 is 6.18 Å². The molecule has 9 heteroatoms. The Labute approximate surface area is 140 Å². The lowest BCUT2D eigenvalue weighted by Crippen LogP contribution is -2.40. The van der Waals surface area contributed by atoms with Crippen LogP contribution in [0.1, 0.15) is 6.42 Å². The van der Waals surface area contributed by atoms with Gasteiger partial charge in [0.2, 0.25) is 11.8 Å². The number of benzene rings is 1. The molecule has 0 saturated heterocycles. The summed E-state index contributed by atoms with van der Waals surface area (Å²) in [6, 6.07) is 6.98. The molecule has 0 saturated carbocycles. The second kappa shape index (κ2) is 8.88. The smallest absolute Gasteiger partial charge is 0.346 e. The zero-order valence-electron chi connectivity index (χ0n) is 12.4. The summed E-state index contributed by atoms with van der Waals surface area (Å²) >= 11 is 3.27. The van der Waals surface area contributed by atoms with Crippen LogP contribution in [0.25, 0.3) is 0 Å². The molecule has 0 unspecified atom stereocenters. The molecule has 0 aliphatic heterocycles. The summed E-state index contributed by atoms with van der Waals surface area (Å²) in [5, 5.41) is 4.96. The number of amides is 2. The first kappa shape index (κ1) is 19.4. The third-order valence-electron chi connectivity index (χ3n) is 2.78. The van der Waals surface area contributed by atoms with Crippen LogP contribution in [0, 0.1) is 0 Å². The summed E-state index contributed by atoms with van der Waals surface area (Å²) < 4.78 is 36.9. The van der Waals surface area contributed by atoms with Crippen molar-refractivity contribution >= 4 is 33.4 Å². The Morgan fingerprint density at radius 1 is 1.22 bits per heavy atom. The van der Waals surface area contributed by atoms with Crippen molar-refractivity contribution in [3.8, 4) is 0 Å². The average Bonchev–Trinajstić information content (AvgIpc) is 2.45. The van der Waals surface area contributed by atoms with Gasteiger partial charge in [0.05, 0.1) is 25.2 Å². The minimum absolute atomic E-state index is 0.210. The summed E-state index contributed by atoms with van der Waals surface area (Å²) in [5.41, 5.74) is 0.564. The number of anilines is 1. The van der Waals surface area contributed by atoms with Crippen LogP contribution in [0.5, 0.6) is 0 Å². The lowest BCUT2D eigenvalue weighted by atomic mass is 10.3. The maximum absolute atomic E-state index is 12.1. The third kappa shape index (κ3) is 8.56. The number of nitrogens with one attached hydrogen (secondary N) is 2. The fourth-order valence-electron chi connectivity index (χ4n) is 1.63. The molecular formula is C14H17BrF3N3O2. The highest BCUT2D eigenvalue weighted by atomic mass is 79.9. The predicted molar refractivity (Wildman–Crippen MR) is 84.0 cm³/mol. The first-order chi connectivity index (χ1) is 10.7. The number of halogens is 4. The van der Waals surface area contributed by atoms with Crippen molar-refractivity contribution in [1.82, 2.24) is 10.2 Å². The van der Waals surface area contributed by atoms with E-state index in [2.05, 4.69) is 26.6 Å². The van der Waals surface area contributed by atoms with Gasteiger partial charge in [-0.3, -0.25) is 14.5 Å². The minimum atomic E-state index is -4.26. The number of rotatable bonds is 7. The van der Waals surface area contributed by atoms with Gasteiger partial charge in [0.15, 0.2) is 0 Å². The zero-order chi connectivity index (χ0) is 17.5. The molecule has 1 aromatic rings. The Kier molecular flexibility index (Phi) is 7.50. The van der Waals surface area contributed by atoms with E-state index in [1.165, 1.54) is 11.9 Å². The van der Waals surface area contributed by atoms with Crippen molar-refractivity contribution in [1.29, 1.82) is 0 Å². The number of hydrogen-bond acceptors (Lipinski definition) is 3. The molecule has 128 valence electrons. The van der Waals surface area contributed by atoms with E-state index in [1.54, 1.807) is 24.3 Å². The van der Waals surface area contributed by atoms with Crippen LogP contribution in [-0.2, 0) is 9.59 Å². The predicted octanol–water partition coefficient (Wildman–Crippen LogP) is 2.39. The summed E-state index contributed by atoms with van der Waals surface area (Å²) in [6.07, 6.45) is -5.24. The number of hydrogen-bond donors (Lipinski definition) is 2. The van der Waals surface area contributed by atoms with Crippen LogP contribution < -0.4 is 10.6 Å². The fraction of sp³-hybridized carbons (Fsp3) is 0.429. The van der Waals surface area contributed by atoms with Gasteiger partial charge in [-0.1, -0.05) is 12.1 Å². The van der Waals surface area contributed by atoms with E-state index in [0.29, 0.717) is 10.2 Å². The van der Waals surface area contributed by atoms with Crippen molar-refractivity contribution in [3.63, 3.8) is 0 Å². The highest BCUT2D eigenvalue weighted by molar-refractivity contribution is 9.10. The van der Waals surface area contributed by atoms with Crippen molar-refractivity contribution in [3.05, 3.63) is 28.7 Å². The quantitative estimate of drug-likeness (QED) is 0.744. The van der Waals surface area contributed by atoms with E-state index in [1.807, 2.05) is 0 Å². The molecular weight excluding hydrogens is 379 g/mol. The molecule has 0 spiro atoms. The lowest BCUT2D eigenvalue weighted by Gasteiger charge is -2.17. The Hall–Kier alpha value is -1.61. The van der Waals surface area contributed by atoms with Gasteiger partial charge in [0.25, 0.3) is 0 Å². The van der Waals surface area contributed by atoms with E-state index < -0.39 is 24.4 Å². The van der Waals surface area contributed by atoms with E-state index in [-0.39, 0.29) is 19.6 Å². The summed E-state index contributed by atoms with van der Waals surface area (Å²) in [4.78, 5) is 24.5. The molecule has 0 fully saturated rings. The average molecular weight is 396 g/mol. The van der Waals surface area contributed by atoms with Gasteiger partial charge in [-0.25, -0.2) is 0 Å². The number of carbonyl (C=O) groups is 2. The maximum Gasteiger partial charge on any atom is 0.390 e. The number of likely N-dealkylation sites (N-methyl/N-ethyl adjacent to an activating group) is 1. The van der Waals surface area contributed by atoms with Crippen molar-refractivity contribution in [2.45, 2.75) is 12.6 Å². The van der Waals surface area contributed by atoms with Crippen molar-refractivity contribution in [2.75, 3.05) is 32.0 Å². The molecule has 0 aliphatic rings. The minimum Gasteiger partial charge on any atom is -0.346 e. The molecule has 0 heterocycles. The molecule has 23 heavy (non-hydrogen) atoms. The summed E-state index contributed by atoms with van der Waals surface area (Å²) in [7, 11) is 1.41. The molecule has 1 rings (SSSR count). The van der Waals surface area contributed by atoms with Gasteiger partial charge in [0.1, 0.15) is 0 Å². The van der Waals surface area contributed by atoms with E-state index in [4.69, 9.17) is 0 Å². The van der Waals surface area contributed by atoms with E-state index >= 15 is 0 Å². The van der Waals surface area contributed by atoms with Crippen LogP contribution >= 0.6 is 15.9 Å². The van der Waals surface area contributed by atoms with Gasteiger partial charge in [-0.05, 0) is 35.1 Å². The molecule has 1 aromatic carbocycles. The van der Waals surface area contributed by atoms with Crippen molar-refractivity contribution < 1.29 is 22.8 Å². The second-order valence-corrected chi connectivity index (χ2v) is 5.76. The van der Waals surface area contributed by atoms with Gasteiger partial charge in [0, 0.05) is 11.0 Å². The normalized spacial score (nSPS) is 11.4. The zero-order valence-corrected chi connectivity index (χ0v) is 14.0. The Balaban J connectivity index is 2.30. The largest absolute Gasteiger partial charge is 0.390 e. The topological polar surface area (TPSA) is 61.4 Å². The number of para-hydroxylation sites is 1. The van der Waals surface area contributed by atoms with Crippen LogP contribution in [0.4, 0.5) is 18.9 Å². The highest BCUT2D eigenvalue weighted by Crippen LogP contribution is 2.21. The van der Waals surface area contributed by atoms with Crippen molar-refractivity contribution in [2.24, 2.45) is 0 Å². The fourth-order valence-corrected chi connectivity index (χ4v) is 2.02. The van der Waals surface area contributed by atoms with Crippen LogP contribution in [-0.4, -0.2) is 49.6 Å². The lowest BCUT2D eigenvalue weighted by molar-refractivity contribution is -0.139. The molecule has 2 amide bonds. The molecule has 0 atom stereocenters. The number of alkyl halides is 3. The van der Waals surface area contributed by atoms with Crippen LogP contribution in [0.3, 0.4) is 0 Å². The van der Waals surface area contributed by atoms with E-state index in [0.717, 1.165) is 0 Å². The SMILES string of the molecule is CN(CCC(F)(F)F)CC(=O)NCC(=O)Nc1ccccc1Br. The molecule has 0 aromatic heterocycles. The number of nitrogens with zero attached hydrogens (tertiary/aromatic N) is 1. The van der Waals surface area contributed by atoms with Gasteiger partial charge in [-0.2, -0.15) is 13.2 Å². The van der Waals surface area contributed by atoms with Crippen LogP contribution in [0.15, 0.2) is 28.7 Å².